The summed E-state index contributed by atoms with van der Waals surface area (Å²) in [5.41, 5.74) is 0.724. The minimum atomic E-state index is -0.302. The first-order valence-corrected chi connectivity index (χ1v) is 6.44. The van der Waals surface area contributed by atoms with Gasteiger partial charge in [0.2, 0.25) is 5.91 Å². The highest BCUT2D eigenvalue weighted by molar-refractivity contribution is 5.88. The summed E-state index contributed by atoms with van der Waals surface area (Å²) < 4.78 is 10.5. The fourth-order valence-electron chi connectivity index (χ4n) is 2.13. The summed E-state index contributed by atoms with van der Waals surface area (Å²) in [4.78, 5) is 22.3. The molecule has 1 heterocycles. The molecule has 1 amide bonds. The van der Waals surface area contributed by atoms with Crippen LogP contribution in [0.3, 0.4) is 0 Å². The molecule has 6 heteroatoms. The number of rotatable bonds is 4. The van der Waals surface area contributed by atoms with Gasteiger partial charge < -0.3 is 20.1 Å². The summed E-state index contributed by atoms with van der Waals surface area (Å²) >= 11 is 0. The van der Waals surface area contributed by atoms with E-state index in [1.807, 2.05) is 0 Å². The second-order valence-corrected chi connectivity index (χ2v) is 4.67. The van der Waals surface area contributed by atoms with Crippen LogP contribution in [0, 0.1) is 0 Å². The largest absolute Gasteiger partial charge is 0.489 e. The Labute approximate surface area is 117 Å². The van der Waals surface area contributed by atoms with E-state index in [-0.39, 0.29) is 24.0 Å². The van der Waals surface area contributed by atoms with Crippen molar-refractivity contribution in [2.24, 2.45) is 0 Å². The first-order valence-electron chi connectivity index (χ1n) is 6.44. The molecule has 20 heavy (non-hydrogen) atoms. The Morgan fingerprint density at radius 1 is 1.30 bits per heavy atom. The third kappa shape index (κ3) is 3.71. The van der Waals surface area contributed by atoms with Crippen LogP contribution in [-0.4, -0.2) is 37.7 Å². The first kappa shape index (κ1) is 14.3. The molecule has 0 saturated carbocycles. The molecule has 1 aliphatic heterocycles. The Hall–Kier alpha value is -2.08. The molecular weight excluding hydrogens is 260 g/mol. The first-order chi connectivity index (χ1) is 9.58. The monoisotopic (exact) mass is 278 g/mol. The van der Waals surface area contributed by atoms with Crippen molar-refractivity contribution >= 4 is 17.6 Å². The van der Waals surface area contributed by atoms with Gasteiger partial charge in [-0.05, 0) is 24.3 Å². The Kier molecular flexibility index (Phi) is 4.57. The SMILES string of the molecule is COC(=O)[C@@H]1C[C@@H](Oc2ccc(NC(C)=O)cc2)CN1. The van der Waals surface area contributed by atoms with Crippen molar-refractivity contribution in [3.05, 3.63) is 24.3 Å². The van der Waals surface area contributed by atoms with Crippen LogP contribution in [0.15, 0.2) is 24.3 Å². The molecular formula is C14H18N2O4. The average Bonchev–Trinajstić information content (AvgIpc) is 2.88. The minimum absolute atomic E-state index is 0.0642. The summed E-state index contributed by atoms with van der Waals surface area (Å²) in [5, 5.41) is 5.75. The molecule has 108 valence electrons. The number of hydrogen-bond acceptors (Lipinski definition) is 5. The molecule has 0 spiro atoms. The van der Waals surface area contributed by atoms with E-state index >= 15 is 0 Å². The Morgan fingerprint density at radius 3 is 2.60 bits per heavy atom. The third-order valence-corrected chi connectivity index (χ3v) is 3.05. The molecule has 0 radical (unpaired) electrons. The molecule has 1 aliphatic rings. The Balaban J connectivity index is 1.88. The number of nitrogens with one attached hydrogen (secondary N) is 2. The van der Waals surface area contributed by atoms with Crippen LogP contribution in [0.25, 0.3) is 0 Å². The van der Waals surface area contributed by atoms with Gasteiger partial charge in [-0.25, -0.2) is 0 Å². The van der Waals surface area contributed by atoms with Crippen LogP contribution in [-0.2, 0) is 14.3 Å². The number of carbonyl (C=O) groups is 2. The number of benzene rings is 1. The van der Waals surface area contributed by atoms with E-state index in [4.69, 9.17) is 4.74 Å². The van der Waals surface area contributed by atoms with Gasteiger partial charge in [-0.3, -0.25) is 9.59 Å². The summed E-state index contributed by atoms with van der Waals surface area (Å²) in [6.45, 7) is 2.06. The number of methoxy groups -OCH3 is 1. The van der Waals surface area contributed by atoms with Crippen molar-refractivity contribution in [1.82, 2.24) is 5.32 Å². The van der Waals surface area contributed by atoms with Gasteiger partial charge in [0.15, 0.2) is 0 Å². The fraction of sp³-hybridized carbons (Fsp3) is 0.429. The number of esters is 1. The molecule has 1 aromatic carbocycles. The number of amides is 1. The van der Waals surface area contributed by atoms with Crippen molar-refractivity contribution in [2.45, 2.75) is 25.5 Å². The second kappa shape index (κ2) is 6.38. The zero-order chi connectivity index (χ0) is 14.5. The standard InChI is InChI=1S/C14H18N2O4/c1-9(17)16-10-3-5-11(6-4-10)20-12-7-13(15-8-12)14(18)19-2/h3-6,12-13,15H,7-8H2,1-2H3,(H,16,17)/t12-,13+/m1/s1. The van der Waals surface area contributed by atoms with Gasteiger partial charge in [0.05, 0.1) is 7.11 Å². The molecule has 2 atom stereocenters. The molecule has 2 N–H and O–H groups in total. The van der Waals surface area contributed by atoms with E-state index < -0.39 is 0 Å². The maximum atomic E-state index is 11.4. The predicted molar refractivity (Wildman–Crippen MR) is 73.6 cm³/mol. The molecule has 2 rings (SSSR count). The molecule has 0 bridgehead atoms. The van der Waals surface area contributed by atoms with Crippen LogP contribution in [0.2, 0.25) is 0 Å². The average molecular weight is 278 g/mol. The van der Waals surface area contributed by atoms with Gasteiger partial charge in [0.25, 0.3) is 0 Å². The zero-order valence-electron chi connectivity index (χ0n) is 11.5. The van der Waals surface area contributed by atoms with E-state index in [0.717, 1.165) is 5.69 Å². The normalized spacial score (nSPS) is 21.3. The summed E-state index contributed by atoms with van der Waals surface area (Å²) in [6, 6.07) is 6.82. The number of anilines is 1. The summed E-state index contributed by atoms with van der Waals surface area (Å²) in [7, 11) is 1.37. The van der Waals surface area contributed by atoms with Gasteiger partial charge in [-0.15, -0.1) is 0 Å². The lowest BCUT2D eigenvalue weighted by atomic mass is 10.2. The van der Waals surface area contributed by atoms with Crippen LogP contribution < -0.4 is 15.4 Å². The van der Waals surface area contributed by atoms with Crippen molar-refractivity contribution in [3.8, 4) is 5.75 Å². The van der Waals surface area contributed by atoms with E-state index in [2.05, 4.69) is 15.4 Å². The van der Waals surface area contributed by atoms with Crippen molar-refractivity contribution in [2.75, 3.05) is 19.0 Å². The van der Waals surface area contributed by atoms with Crippen LogP contribution in [0.4, 0.5) is 5.69 Å². The van der Waals surface area contributed by atoms with Crippen molar-refractivity contribution in [1.29, 1.82) is 0 Å². The number of ether oxygens (including phenoxy) is 2. The summed E-state index contributed by atoms with van der Waals surface area (Å²) in [6.07, 6.45) is 0.519. The van der Waals surface area contributed by atoms with E-state index in [9.17, 15) is 9.59 Å². The third-order valence-electron chi connectivity index (χ3n) is 3.05. The topological polar surface area (TPSA) is 76.7 Å². The fourth-order valence-corrected chi connectivity index (χ4v) is 2.13. The van der Waals surface area contributed by atoms with Gasteiger partial charge in [0, 0.05) is 25.6 Å². The maximum absolute atomic E-state index is 11.4. The second-order valence-electron chi connectivity index (χ2n) is 4.67. The van der Waals surface area contributed by atoms with Crippen LogP contribution in [0.1, 0.15) is 13.3 Å². The molecule has 0 unspecified atom stereocenters. The molecule has 1 saturated heterocycles. The van der Waals surface area contributed by atoms with Crippen LogP contribution >= 0.6 is 0 Å². The number of hydrogen-bond donors (Lipinski definition) is 2. The van der Waals surface area contributed by atoms with Crippen molar-refractivity contribution < 1.29 is 19.1 Å². The lowest BCUT2D eigenvalue weighted by Gasteiger charge is -2.13. The minimum Gasteiger partial charge on any atom is -0.489 e. The molecule has 0 aromatic heterocycles. The molecule has 6 nitrogen and oxygen atoms in total. The Bertz CT molecular complexity index is 486. The highest BCUT2D eigenvalue weighted by Crippen LogP contribution is 2.20. The lowest BCUT2D eigenvalue weighted by Crippen LogP contribution is -2.31. The quantitative estimate of drug-likeness (QED) is 0.801. The van der Waals surface area contributed by atoms with Crippen molar-refractivity contribution in [3.63, 3.8) is 0 Å². The molecule has 1 fully saturated rings. The van der Waals surface area contributed by atoms with Gasteiger partial charge in [-0.2, -0.15) is 0 Å². The van der Waals surface area contributed by atoms with Gasteiger partial charge in [-0.1, -0.05) is 0 Å². The van der Waals surface area contributed by atoms with E-state index in [1.54, 1.807) is 24.3 Å². The van der Waals surface area contributed by atoms with E-state index in [0.29, 0.717) is 18.7 Å². The predicted octanol–water partition coefficient (Wildman–Crippen LogP) is 0.927. The maximum Gasteiger partial charge on any atom is 0.323 e. The lowest BCUT2D eigenvalue weighted by molar-refractivity contribution is -0.142. The molecule has 0 aliphatic carbocycles. The Morgan fingerprint density at radius 2 is 2.00 bits per heavy atom. The van der Waals surface area contributed by atoms with Crippen LogP contribution in [0.5, 0.6) is 5.75 Å². The number of carbonyl (C=O) groups excluding carboxylic acids is 2. The smallest absolute Gasteiger partial charge is 0.323 e. The summed E-state index contributed by atoms with van der Waals surface area (Å²) in [5.74, 6) is 0.327. The van der Waals surface area contributed by atoms with E-state index in [1.165, 1.54) is 14.0 Å². The van der Waals surface area contributed by atoms with Gasteiger partial charge >= 0.3 is 5.97 Å². The van der Waals surface area contributed by atoms with Gasteiger partial charge in [0.1, 0.15) is 17.9 Å². The molecule has 1 aromatic rings. The zero-order valence-corrected chi connectivity index (χ0v) is 11.5. The highest BCUT2D eigenvalue weighted by atomic mass is 16.5. The highest BCUT2D eigenvalue weighted by Gasteiger charge is 2.31.